The molecule has 2 heterocycles. The lowest BCUT2D eigenvalue weighted by Gasteiger charge is -2.37. The second-order valence-electron chi connectivity index (χ2n) is 6.47. The Morgan fingerprint density at radius 2 is 1.92 bits per heavy atom. The number of pyridine rings is 1. The zero-order chi connectivity index (χ0) is 17.6. The number of methoxy groups -OCH3 is 1. The number of esters is 1. The van der Waals surface area contributed by atoms with Gasteiger partial charge >= 0.3 is 5.97 Å². The van der Waals surface area contributed by atoms with Crippen molar-refractivity contribution in [1.29, 1.82) is 0 Å². The van der Waals surface area contributed by atoms with Crippen molar-refractivity contribution in [2.24, 2.45) is 0 Å². The molecule has 1 aliphatic heterocycles. The van der Waals surface area contributed by atoms with Crippen LogP contribution in [0.5, 0.6) is 0 Å². The van der Waals surface area contributed by atoms with Crippen LogP contribution in [0, 0.1) is 0 Å². The van der Waals surface area contributed by atoms with Gasteiger partial charge in [0.15, 0.2) is 0 Å². The van der Waals surface area contributed by atoms with E-state index in [4.69, 9.17) is 4.74 Å². The lowest BCUT2D eigenvalue weighted by atomic mass is 10.0. The molecule has 0 saturated carbocycles. The van der Waals surface area contributed by atoms with Gasteiger partial charge in [-0.2, -0.15) is 0 Å². The van der Waals surface area contributed by atoms with Crippen LogP contribution in [-0.2, 0) is 11.3 Å². The van der Waals surface area contributed by atoms with Gasteiger partial charge in [0.25, 0.3) is 0 Å². The molecule has 0 aliphatic carbocycles. The van der Waals surface area contributed by atoms with E-state index in [1.165, 1.54) is 12.7 Å². The van der Waals surface area contributed by atoms with Crippen molar-refractivity contribution in [3.05, 3.63) is 59.8 Å². The Morgan fingerprint density at radius 1 is 1.20 bits per heavy atom. The molecular formula is C20H25N3O2. The SMILES string of the molecule is COC(=O)c1cccnc1N(C)C1CCN(Cc2ccccc2)CC1. The summed E-state index contributed by atoms with van der Waals surface area (Å²) in [5, 5.41) is 0. The number of carbonyl (C=O) groups is 1. The molecule has 25 heavy (non-hydrogen) atoms. The van der Waals surface area contributed by atoms with E-state index < -0.39 is 0 Å². The van der Waals surface area contributed by atoms with Crippen LogP contribution in [0.1, 0.15) is 28.8 Å². The fourth-order valence-electron chi connectivity index (χ4n) is 3.43. The first-order valence-corrected chi connectivity index (χ1v) is 8.71. The summed E-state index contributed by atoms with van der Waals surface area (Å²) in [6.07, 6.45) is 3.84. The van der Waals surface area contributed by atoms with Crippen molar-refractivity contribution in [3.63, 3.8) is 0 Å². The highest BCUT2D eigenvalue weighted by Crippen LogP contribution is 2.24. The number of nitrogens with zero attached hydrogens (tertiary/aromatic N) is 3. The first-order valence-electron chi connectivity index (χ1n) is 8.71. The number of carbonyl (C=O) groups excluding carboxylic acids is 1. The number of hydrogen-bond acceptors (Lipinski definition) is 5. The molecule has 0 N–H and O–H groups in total. The van der Waals surface area contributed by atoms with E-state index in [2.05, 4.69) is 45.1 Å². The highest BCUT2D eigenvalue weighted by atomic mass is 16.5. The van der Waals surface area contributed by atoms with Crippen molar-refractivity contribution in [3.8, 4) is 0 Å². The molecule has 1 aliphatic rings. The Labute approximate surface area is 149 Å². The van der Waals surface area contributed by atoms with Crippen LogP contribution in [0.15, 0.2) is 48.7 Å². The molecule has 1 saturated heterocycles. The van der Waals surface area contributed by atoms with Crippen molar-refractivity contribution in [2.75, 3.05) is 32.1 Å². The molecule has 1 aromatic heterocycles. The Kier molecular flexibility index (Phi) is 5.66. The lowest BCUT2D eigenvalue weighted by Crippen LogP contribution is -2.43. The van der Waals surface area contributed by atoms with Gasteiger partial charge < -0.3 is 9.64 Å². The molecule has 1 aromatic carbocycles. The Bertz CT molecular complexity index is 697. The monoisotopic (exact) mass is 339 g/mol. The van der Waals surface area contributed by atoms with Crippen LogP contribution in [-0.4, -0.2) is 49.1 Å². The normalized spacial score (nSPS) is 15.8. The van der Waals surface area contributed by atoms with E-state index >= 15 is 0 Å². The average molecular weight is 339 g/mol. The van der Waals surface area contributed by atoms with Crippen molar-refractivity contribution < 1.29 is 9.53 Å². The number of ether oxygens (including phenoxy) is 1. The third-order valence-corrected chi connectivity index (χ3v) is 4.88. The number of likely N-dealkylation sites (tertiary alicyclic amines) is 1. The van der Waals surface area contributed by atoms with Crippen LogP contribution in [0.4, 0.5) is 5.82 Å². The zero-order valence-electron chi connectivity index (χ0n) is 14.9. The summed E-state index contributed by atoms with van der Waals surface area (Å²) in [5.41, 5.74) is 1.88. The van der Waals surface area contributed by atoms with Gasteiger partial charge in [0.1, 0.15) is 11.4 Å². The fourth-order valence-corrected chi connectivity index (χ4v) is 3.43. The van der Waals surface area contributed by atoms with Crippen LogP contribution in [0.2, 0.25) is 0 Å². The van der Waals surface area contributed by atoms with Gasteiger partial charge in [0, 0.05) is 38.9 Å². The highest BCUT2D eigenvalue weighted by molar-refractivity contribution is 5.94. The fraction of sp³-hybridized carbons (Fsp3) is 0.400. The van der Waals surface area contributed by atoms with E-state index in [0.29, 0.717) is 17.4 Å². The van der Waals surface area contributed by atoms with Gasteiger partial charge in [0.2, 0.25) is 0 Å². The second kappa shape index (κ2) is 8.12. The number of piperidine rings is 1. The molecule has 0 bridgehead atoms. The second-order valence-corrected chi connectivity index (χ2v) is 6.47. The maximum atomic E-state index is 12.0. The largest absolute Gasteiger partial charge is 0.465 e. The summed E-state index contributed by atoms with van der Waals surface area (Å²) < 4.78 is 4.88. The third kappa shape index (κ3) is 4.17. The van der Waals surface area contributed by atoms with Crippen LogP contribution in [0.3, 0.4) is 0 Å². The molecule has 1 fully saturated rings. The number of anilines is 1. The van der Waals surface area contributed by atoms with Gasteiger partial charge in [-0.1, -0.05) is 30.3 Å². The maximum absolute atomic E-state index is 12.0. The highest BCUT2D eigenvalue weighted by Gasteiger charge is 2.26. The van der Waals surface area contributed by atoms with Gasteiger partial charge in [-0.15, -0.1) is 0 Å². The predicted molar refractivity (Wildman–Crippen MR) is 98.7 cm³/mol. The molecule has 2 aromatic rings. The molecule has 0 atom stereocenters. The number of benzene rings is 1. The van der Waals surface area contributed by atoms with Gasteiger partial charge in [0.05, 0.1) is 7.11 Å². The van der Waals surface area contributed by atoms with Crippen molar-refractivity contribution in [2.45, 2.75) is 25.4 Å². The average Bonchev–Trinajstić information content (AvgIpc) is 2.68. The molecule has 3 rings (SSSR count). The predicted octanol–water partition coefficient (Wildman–Crippen LogP) is 2.97. The Balaban J connectivity index is 1.62. The Morgan fingerprint density at radius 3 is 2.60 bits per heavy atom. The molecule has 132 valence electrons. The molecule has 5 nitrogen and oxygen atoms in total. The summed E-state index contributed by atoms with van der Waals surface area (Å²) in [4.78, 5) is 21.0. The summed E-state index contributed by atoms with van der Waals surface area (Å²) in [6, 6.07) is 14.5. The summed E-state index contributed by atoms with van der Waals surface area (Å²) in [6.45, 7) is 3.09. The van der Waals surface area contributed by atoms with Gasteiger partial charge in [-0.3, -0.25) is 4.90 Å². The van der Waals surface area contributed by atoms with Crippen LogP contribution >= 0.6 is 0 Å². The minimum absolute atomic E-state index is 0.337. The first kappa shape index (κ1) is 17.4. The minimum atomic E-state index is -0.337. The van der Waals surface area contributed by atoms with Gasteiger partial charge in [-0.05, 0) is 30.5 Å². The number of aromatic nitrogens is 1. The number of hydrogen-bond donors (Lipinski definition) is 0. The van der Waals surface area contributed by atoms with E-state index in [1.54, 1.807) is 18.3 Å². The van der Waals surface area contributed by atoms with Crippen LogP contribution < -0.4 is 4.90 Å². The molecule has 5 heteroatoms. The van der Waals surface area contributed by atoms with Gasteiger partial charge in [-0.25, -0.2) is 9.78 Å². The summed E-state index contributed by atoms with van der Waals surface area (Å²) in [7, 11) is 3.42. The smallest absolute Gasteiger partial charge is 0.341 e. The molecular weight excluding hydrogens is 314 g/mol. The maximum Gasteiger partial charge on any atom is 0.341 e. The van der Waals surface area contributed by atoms with E-state index in [9.17, 15) is 4.79 Å². The molecule has 0 radical (unpaired) electrons. The molecule has 0 spiro atoms. The summed E-state index contributed by atoms with van der Waals surface area (Å²) in [5.74, 6) is 0.368. The van der Waals surface area contributed by atoms with Crippen LogP contribution in [0.25, 0.3) is 0 Å². The van der Waals surface area contributed by atoms with Crippen molar-refractivity contribution in [1.82, 2.24) is 9.88 Å². The van der Waals surface area contributed by atoms with E-state index in [0.717, 1.165) is 32.5 Å². The number of rotatable bonds is 5. The minimum Gasteiger partial charge on any atom is -0.465 e. The van der Waals surface area contributed by atoms with Crippen molar-refractivity contribution >= 4 is 11.8 Å². The standard InChI is InChI=1S/C20H25N3O2/c1-22(19-18(20(24)25-2)9-6-12-21-19)17-10-13-23(14-11-17)15-16-7-4-3-5-8-16/h3-9,12,17H,10-11,13-15H2,1-2H3. The summed E-state index contributed by atoms with van der Waals surface area (Å²) >= 11 is 0. The lowest BCUT2D eigenvalue weighted by molar-refractivity contribution is 0.0601. The Hall–Kier alpha value is -2.40. The molecule has 0 unspecified atom stereocenters. The molecule has 0 amide bonds. The topological polar surface area (TPSA) is 45.7 Å². The van der Waals surface area contributed by atoms with E-state index in [1.807, 2.05) is 7.05 Å². The zero-order valence-corrected chi connectivity index (χ0v) is 14.9. The third-order valence-electron chi connectivity index (χ3n) is 4.88. The van der Waals surface area contributed by atoms with E-state index in [-0.39, 0.29) is 5.97 Å². The quantitative estimate of drug-likeness (QED) is 0.784. The first-order chi connectivity index (χ1) is 12.2.